The van der Waals surface area contributed by atoms with Crippen LogP contribution < -0.4 is 14.4 Å². The van der Waals surface area contributed by atoms with E-state index in [4.69, 9.17) is 14.2 Å². The number of alkyl halides is 1. The third-order valence-electron chi connectivity index (χ3n) is 6.73. The van der Waals surface area contributed by atoms with E-state index in [0.717, 1.165) is 29.0 Å². The first-order valence-corrected chi connectivity index (χ1v) is 12.7. The van der Waals surface area contributed by atoms with Gasteiger partial charge in [0.1, 0.15) is 6.10 Å². The van der Waals surface area contributed by atoms with Gasteiger partial charge in [-0.15, -0.1) is 11.3 Å². The molecule has 4 unspecified atom stereocenters. The Labute approximate surface area is 204 Å². The zero-order chi connectivity index (χ0) is 23.4. The zero-order valence-corrected chi connectivity index (χ0v) is 21.3. The molecule has 2 aliphatic heterocycles. The van der Waals surface area contributed by atoms with Gasteiger partial charge < -0.3 is 14.2 Å². The van der Waals surface area contributed by atoms with Gasteiger partial charge in [-0.1, -0.05) is 22.0 Å². The van der Waals surface area contributed by atoms with Crippen LogP contribution in [0.5, 0.6) is 11.5 Å². The maximum Gasteiger partial charge on any atom is 0.296 e. The molecule has 3 heterocycles. The van der Waals surface area contributed by atoms with Gasteiger partial charge in [0.25, 0.3) is 5.91 Å². The van der Waals surface area contributed by atoms with Gasteiger partial charge in [0.05, 0.1) is 37.4 Å². The number of aryl methyl sites for hydroxylation is 2. The van der Waals surface area contributed by atoms with Crippen molar-refractivity contribution in [3.05, 3.63) is 45.7 Å². The van der Waals surface area contributed by atoms with Crippen LogP contribution in [0.3, 0.4) is 0 Å². The standard InChI is InChI=1S/C24H25BrN2O5S/c1-11-12(2)33-24(26-11)27-20(13-5-7-17(30-3)18(9-13)31-4)19-21(28)15-10-14(25)6-8-16(15)32-22(19)23(27)29/h5,7,9,14-16,20H,6,8,10H2,1-4H3. The smallest absolute Gasteiger partial charge is 0.296 e. The largest absolute Gasteiger partial charge is 0.493 e. The number of methoxy groups -OCH3 is 2. The third-order valence-corrected chi connectivity index (χ3v) is 8.63. The van der Waals surface area contributed by atoms with Crippen LogP contribution in [0.15, 0.2) is 29.5 Å². The summed E-state index contributed by atoms with van der Waals surface area (Å²) in [6, 6.07) is 4.84. The lowest BCUT2D eigenvalue weighted by Crippen LogP contribution is -2.41. The first kappa shape index (κ1) is 22.4. The Morgan fingerprint density at radius 1 is 1.15 bits per heavy atom. The Bertz CT molecular complexity index is 1160. The van der Waals surface area contributed by atoms with Crippen LogP contribution in [0.1, 0.15) is 41.4 Å². The van der Waals surface area contributed by atoms with Crippen molar-refractivity contribution in [2.24, 2.45) is 5.92 Å². The molecule has 0 radical (unpaired) electrons. The van der Waals surface area contributed by atoms with Gasteiger partial charge in [-0.2, -0.15) is 0 Å². The minimum Gasteiger partial charge on any atom is -0.493 e. The van der Waals surface area contributed by atoms with Crippen LogP contribution >= 0.6 is 27.3 Å². The highest BCUT2D eigenvalue weighted by Crippen LogP contribution is 2.50. The normalized spacial score (nSPS) is 26.8. The summed E-state index contributed by atoms with van der Waals surface area (Å²) in [6.07, 6.45) is 2.09. The maximum atomic E-state index is 13.8. The number of carbonyl (C=O) groups is 2. The Hall–Kier alpha value is -2.39. The minimum absolute atomic E-state index is 0.00830. The second-order valence-corrected chi connectivity index (χ2v) is 11.1. The van der Waals surface area contributed by atoms with E-state index in [2.05, 4.69) is 20.9 Å². The second kappa shape index (κ2) is 8.43. The monoisotopic (exact) mass is 532 g/mol. The third kappa shape index (κ3) is 3.56. The van der Waals surface area contributed by atoms with Crippen molar-refractivity contribution in [2.75, 3.05) is 19.1 Å². The van der Waals surface area contributed by atoms with Gasteiger partial charge in [-0.3, -0.25) is 14.5 Å². The average Bonchev–Trinajstić information content (AvgIpc) is 3.29. The molecule has 1 aromatic heterocycles. The summed E-state index contributed by atoms with van der Waals surface area (Å²) in [4.78, 5) is 35.1. The first-order chi connectivity index (χ1) is 15.8. The number of anilines is 1. The summed E-state index contributed by atoms with van der Waals surface area (Å²) in [5, 5.41) is 0.557. The number of halogens is 1. The van der Waals surface area contributed by atoms with Crippen molar-refractivity contribution in [1.82, 2.24) is 4.98 Å². The van der Waals surface area contributed by atoms with Crippen LogP contribution in [-0.2, 0) is 14.3 Å². The number of nitrogens with zero attached hydrogens (tertiary/aromatic N) is 2. The molecule has 5 rings (SSSR count). The van der Waals surface area contributed by atoms with E-state index in [0.29, 0.717) is 28.6 Å². The van der Waals surface area contributed by atoms with Crippen LogP contribution in [0, 0.1) is 19.8 Å². The van der Waals surface area contributed by atoms with E-state index in [1.807, 2.05) is 26.0 Å². The molecule has 33 heavy (non-hydrogen) atoms. The molecule has 0 spiro atoms. The molecule has 7 nitrogen and oxygen atoms in total. The SMILES string of the molecule is COc1ccc(C2C3=C(OC4CCC(Br)CC4C3=O)C(=O)N2c2nc(C)c(C)s2)cc1OC. The number of rotatable bonds is 4. The Morgan fingerprint density at radius 3 is 2.58 bits per heavy atom. The number of fused-ring (bicyclic) bond motifs is 1. The van der Waals surface area contributed by atoms with Gasteiger partial charge in [-0.25, -0.2) is 4.98 Å². The van der Waals surface area contributed by atoms with Gasteiger partial charge in [0.2, 0.25) is 0 Å². The molecule has 1 aromatic carbocycles. The number of benzene rings is 1. The summed E-state index contributed by atoms with van der Waals surface area (Å²) in [5.41, 5.74) is 2.03. The van der Waals surface area contributed by atoms with E-state index < -0.39 is 6.04 Å². The average molecular weight is 533 g/mol. The van der Waals surface area contributed by atoms with Crippen molar-refractivity contribution < 1.29 is 23.8 Å². The fourth-order valence-electron chi connectivity index (χ4n) is 4.91. The summed E-state index contributed by atoms with van der Waals surface area (Å²) in [6.45, 7) is 3.89. The molecule has 0 N–H and O–H groups in total. The number of amides is 1. The summed E-state index contributed by atoms with van der Waals surface area (Å²) < 4.78 is 17.2. The van der Waals surface area contributed by atoms with Crippen molar-refractivity contribution >= 4 is 44.1 Å². The molecule has 1 fully saturated rings. The molecule has 2 aromatic rings. The number of aromatic nitrogens is 1. The van der Waals surface area contributed by atoms with Gasteiger partial charge >= 0.3 is 0 Å². The van der Waals surface area contributed by atoms with Crippen LogP contribution in [0.2, 0.25) is 0 Å². The van der Waals surface area contributed by atoms with E-state index in [1.165, 1.54) is 11.3 Å². The number of carbonyl (C=O) groups excluding carboxylic acids is 2. The molecule has 0 saturated heterocycles. The Balaban J connectivity index is 1.66. The fourth-order valence-corrected chi connectivity index (χ4v) is 6.51. The molecule has 1 saturated carbocycles. The lowest BCUT2D eigenvalue weighted by molar-refractivity contribution is -0.131. The highest BCUT2D eigenvalue weighted by molar-refractivity contribution is 9.09. The molecule has 0 bridgehead atoms. The first-order valence-electron chi connectivity index (χ1n) is 10.9. The summed E-state index contributed by atoms with van der Waals surface area (Å²) >= 11 is 5.12. The quantitative estimate of drug-likeness (QED) is 0.533. The van der Waals surface area contributed by atoms with Crippen molar-refractivity contribution in [1.29, 1.82) is 0 Å². The van der Waals surface area contributed by atoms with Crippen molar-refractivity contribution in [3.63, 3.8) is 0 Å². The van der Waals surface area contributed by atoms with E-state index >= 15 is 0 Å². The van der Waals surface area contributed by atoms with Gasteiger partial charge in [0, 0.05) is 9.70 Å². The van der Waals surface area contributed by atoms with Crippen LogP contribution in [0.4, 0.5) is 5.13 Å². The number of ketones is 1. The molecule has 4 atom stereocenters. The van der Waals surface area contributed by atoms with Gasteiger partial charge in [0.15, 0.2) is 28.2 Å². The molecule has 1 aliphatic carbocycles. The number of hydrogen-bond acceptors (Lipinski definition) is 7. The van der Waals surface area contributed by atoms with E-state index in [-0.39, 0.29) is 34.3 Å². The van der Waals surface area contributed by atoms with Gasteiger partial charge in [-0.05, 0) is 50.8 Å². The highest BCUT2D eigenvalue weighted by Gasteiger charge is 2.53. The van der Waals surface area contributed by atoms with Crippen molar-refractivity contribution in [2.45, 2.75) is 50.1 Å². The molecule has 174 valence electrons. The minimum atomic E-state index is -0.638. The topological polar surface area (TPSA) is 78.0 Å². The van der Waals surface area contributed by atoms with E-state index in [1.54, 1.807) is 25.2 Å². The maximum absolute atomic E-state index is 13.8. The summed E-state index contributed by atoms with van der Waals surface area (Å²) in [5.74, 6) is 0.685. The summed E-state index contributed by atoms with van der Waals surface area (Å²) in [7, 11) is 3.14. The lowest BCUT2D eigenvalue weighted by atomic mass is 9.77. The number of Topliss-reactive ketones (excluding diaryl/α,β-unsaturated/α-hetero) is 1. The lowest BCUT2D eigenvalue weighted by Gasteiger charge is -2.37. The predicted octanol–water partition coefficient (Wildman–Crippen LogP) is 4.65. The van der Waals surface area contributed by atoms with E-state index in [9.17, 15) is 9.59 Å². The number of thiazole rings is 1. The molecular formula is C24H25BrN2O5S. The zero-order valence-electron chi connectivity index (χ0n) is 18.9. The van der Waals surface area contributed by atoms with Crippen molar-refractivity contribution in [3.8, 4) is 11.5 Å². The molecular weight excluding hydrogens is 508 g/mol. The highest BCUT2D eigenvalue weighted by atomic mass is 79.9. The fraction of sp³-hybridized carbons (Fsp3) is 0.458. The van der Waals surface area contributed by atoms with Crippen LogP contribution in [-0.4, -0.2) is 41.8 Å². The molecule has 1 amide bonds. The second-order valence-electron chi connectivity index (χ2n) is 8.61. The Morgan fingerprint density at radius 2 is 1.91 bits per heavy atom. The predicted molar refractivity (Wildman–Crippen MR) is 128 cm³/mol. The number of ether oxygens (including phenoxy) is 3. The molecule has 3 aliphatic rings. The molecule has 9 heteroatoms. The van der Waals surface area contributed by atoms with Crippen LogP contribution in [0.25, 0.3) is 0 Å². The Kier molecular flexibility index (Phi) is 5.73. The number of hydrogen-bond donors (Lipinski definition) is 0.